The van der Waals surface area contributed by atoms with E-state index in [2.05, 4.69) is 16.8 Å². The van der Waals surface area contributed by atoms with Gasteiger partial charge in [-0.3, -0.25) is 14.6 Å². The number of amides is 1. The van der Waals surface area contributed by atoms with E-state index >= 15 is 0 Å². The van der Waals surface area contributed by atoms with Gasteiger partial charge >= 0.3 is 0 Å². The summed E-state index contributed by atoms with van der Waals surface area (Å²) in [5, 5.41) is 11.4. The number of likely N-dealkylation sites (N-methyl/N-ethyl adjacent to an activating group) is 1. The van der Waals surface area contributed by atoms with Crippen LogP contribution in [0, 0.1) is 0 Å². The number of hydrogen-bond acceptors (Lipinski definition) is 6. The fourth-order valence-corrected chi connectivity index (χ4v) is 4.67. The van der Waals surface area contributed by atoms with Crippen LogP contribution in [-0.2, 0) is 4.79 Å². The van der Waals surface area contributed by atoms with Crippen LogP contribution in [0.25, 0.3) is 6.08 Å². The van der Waals surface area contributed by atoms with E-state index in [0.29, 0.717) is 16.6 Å². The highest BCUT2D eigenvalue weighted by atomic mass is 32.2. The number of carbonyl (C=O) groups excluding carboxylic acids is 1. The normalized spacial score (nSPS) is 21.9. The molecule has 6 nitrogen and oxygen atoms in total. The number of benzene rings is 2. The van der Waals surface area contributed by atoms with E-state index in [1.54, 1.807) is 4.90 Å². The molecule has 0 aromatic heterocycles. The van der Waals surface area contributed by atoms with Gasteiger partial charge in [-0.2, -0.15) is 0 Å². The molecule has 0 aliphatic carbocycles. The molecule has 2 aromatic carbocycles. The fourth-order valence-electron chi connectivity index (χ4n) is 3.66. The highest BCUT2D eigenvalue weighted by Crippen LogP contribution is 2.34. The maximum absolute atomic E-state index is 13.2. The number of aliphatic imine (C=N–C) groups is 1. The number of carbonyl (C=O) groups is 1. The van der Waals surface area contributed by atoms with Gasteiger partial charge in [-0.05, 0) is 42.6 Å². The Morgan fingerprint density at radius 1 is 1.00 bits per heavy atom. The number of hydrogen-bond donors (Lipinski definition) is 1. The summed E-state index contributed by atoms with van der Waals surface area (Å²) in [6.45, 7) is 4.64. The second-order valence-corrected chi connectivity index (χ2v) is 8.93. The van der Waals surface area contributed by atoms with Crippen molar-refractivity contribution in [3.8, 4) is 0 Å². The number of para-hydroxylation sites is 1. The summed E-state index contributed by atoms with van der Waals surface area (Å²) >= 11 is 1.36. The summed E-state index contributed by atoms with van der Waals surface area (Å²) < 4.78 is 0. The van der Waals surface area contributed by atoms with Crippen molar-refractivity contribution in [2.75, 3.05) is 46.3 Å². The first-order chi connectivity index (χ1) is 15.1. The number of aliphatic hydroxyl groups is 1. The van der Waals surface area contributed by atoms with E-state index in [1.807, 2.05) is 66.7 Å². The van der Waals surface area contributed by atoms with Gasteiger partial charge in [0.05, 0.1) is 23.2 Å². The first-order valence-corrected chi connectivity index (χ1v) is 11.4. The molecule has 1 unspecified atom stereocenters. The van der Waals surface area contributed by atoms with Gasteiger partial charge in [-0.15, -0.1) is 0 Å². The number of thioether (sulfide) groups is 1. The molecule has 7 heteroatoms. The molecular weight excluding hydrogens is 408 g/mol. The number of nitrogens with zero attached hydrogens (tertiary/aromatic N) is 4. The van der Waals surface area contributed by atoms with Crippen LogP contribution in [0.4, 0.5) is 5.69 Å². The average molecular weight is 437 g/mol. The molecule has 1 amide bonds. The molecule has 2 aliphatic rings. The Morgan fingerprint density at radius 2 is 1.65 bits per heavy atom. The molecule has 0 radical (unpaired) electrons. The third-order valence-corrected chi connectivity index (χ3v) is 6.43. The summed E-state index contributed by atoms with van der Waals surface area (Å²) in [5.74, 6) is -0.110. The minimum atomic E-state index is -0.634. The smallest absolute Gasteiger partial charge is 0.266 e. The van der Waals surface area contributed by atoms with E-state index < -0.39 is 6.10 Å². The maximum atomic E-state index is 13.2. The Kier molecular flexibility index (Phi) is 7.19. The van der Waals surface area contributed by atoms with Crippen molar-refractivity contribution in [2.24, 2.45) is 4.99 Å². The average Bonchev–Trinajstić information content (AvgIpc) is 3.05. The topological polar surface area (TPSA) is 59.4 Å². The highest BCUT2D eigenvalue weighted by molar-refractivity contribution is 8.18. The Balaban J connectivity index is 1.52. The van der Waals surface area contributed by atoms with Gasteiger partial charge in [0.15, 0.2) is 5.17 Å². The summed E-state index contributed by atoms with van der Waals surface area (Å²) in [6.07, 6.45) is 1.25. The molecule has 0 saturated carbocycles. The van der Waals surface area contributed by atoms with E-state index in [4.69, 9.17) is 4.99 Å². The van der Waals surface area contributed by atoms with Crippen molar-refractivity contribution < 1.29 is 9.90 Å². The summed E-state index contributed by atoms with van der Waals surface area (Å²) in [4.78, 5) is 24.7. The molecule has 2 aromatic rings. The molecule has 2 aliphatic heterocycles. The molecule has 1 atom stereocenters. The molecule has 31 heavy (non-hydrogen) atoms. The Bertz CT molecular complexity index is 941. The molecule has 0 spiro atoms. The standard InChI is InChI=1S/C24H28N4O2S/c1-26-12-14-27(15-13-26)17-21(29)18-28-23(30)22(16-19-8-4-2-5-9-19)31-24(28)25-20-10-6-3-7-11-20/h2-11,16,21,29H,12-15,17-18H2,1H3/b22-16+,25-24?. The van der Waals surface area contributed by atoms with Crippen LogP contribution < -0.4 is 0 Å². The predicted octanol–water partition coefficient (Wildman–Crippen LogP) is 2.90. The van der Waals surface area contributed by atoms with E-state index in [0.717, 1.165) is 37.4 Å². The zero-order valence-electron chi connectivity index (χ0n) is 17.7. The molecule has 2 heterocycles. The van der Waals surface area contributed by atoms with Crippen molar-refractivity contribution in [3.05, 3.63) is 71.1 Å². The van der Waals surface area contributed by atoms with E-state index in [-0.39, 0.29) is 12.5 Å². The van der Waals surface area contributed by atoms with Crippen LogP contribution in [0.15, 0.2) is 70.6 Å². The first kappa shape index (κ1) is 21.8. The quantitative estimate of drug-likeness (QED) is 0.706. The lowest BCUT2D eigenvalue weighted by Gasteiger charge is -2.34. The molecule has 0 bridgehead atoms. The molecule has 2 saturated heterocycles. The molecule has 2 fully saturated rings. The monoisotopic (exact) mass is 436 g/mol. The van der Waals surface area contributed by atoms with Crippen molar-refractivity contribution in [1.82, 2.24) is 14.7 Å². The predicted molar refractivity (Wildman–Crippen MR) is 127 cm³/mol. The second kappa shape index (κ2) is 10.2. The van der Waals surface area contributed by atoms with E-state index in [1.165, 1.54) is 11.8 Å². The van der Waals surface area contributed by atoms with Gasteiger partial charge < -0.3 is 10.0 Å². The van der Waals surface area contributed by atoms with Gasteiger partial charge in [-0.25, -0.2) is 4.99 Å². The zero-order valence-corrected chi connectivity index (χ0v) is 18.5. The zero-order chi connectivity index (χ0) is 21.6. The number of aliphatic hydroxyl groups excluding tert-OH is 1. The summed E-state index contributed by atoms with van der Waals surface area (Å²) in [7, 11) is 2.11. The van der Waals surface area contributed by atoms with Crippen molar-refractivity contribution in [2.45, 2.75) is 6.10 Å². The van der Waals surface area contributed by atoms with Crippen molar-refractivity contribution in [3.63, 3.8) is 0 Å². The maximum Gasteiger partial charge on any atom is 0.266 e. The van der Waals surface area contributed by atoms with Gasteiger partial charge in [0.25, 0.3) is 5.91 Å². The van der Waals surface area contributed by atoms with Crippen LogP contribution >= 0.6 is 11.8 Å². The van der Waals surface area contributed by atoms with Crippen LogP contribution in [0.1, 0.15) is 5.56 Å². The van der Waals surface area contributed by atoms with Crippen LogP contribution in [0.3, 0.4) is 0 Å². The van der Waals surface area contributed by atoms with Gasteiger partial charge in [0.1, 0.15) is 0 Å². The number of piperazine rings is 1. The number of β-amino-alcohol motifs (C(OH)–C–C–N with tert-alkyl or cyclic N) is 1. The van der Waals surface area contributed by atoms with Crippen LogP contribution in [-0.4, -0.2) is 83.3 Å². The molecule has 1 N–H and O–H groups in total. The second-order valence-electron chi connectivity index (χ2n) is 7.92. The Morgan fingerprint density at radius 3 is 2.32 bits per heavy atom. The minimum Gasteiger partial charge on any atom is -0.390 e. The van der Waals surface area contributed by atoms with Crippen LogP contribution in [0.2, 0.25) is 0 Å². The lowest BCUT2D eigenvalue weighted by atomic mass is 10.2. The third-order valence-electron chi connectivity index (χ3n) is 5.42. The number of amidine groups is 1. The number of rotatable bonds is 6. The molecule has 162 valence electrons. The Hall–Kier alpha value is -2.45. The van der Waals surface area contributed by atoms with Gasteiger partial charge in [-0.1, -0.05) is 48.5 Å². The Labute approximate surface area is 187 Å². The summed E-state index contributed by atoms with van der Waals surface area (Å²) in [5.41, 5.74) is 1.76. The van der Waals surface area contributed by atoms with Crippen LogP contribution in [0.5, 0.6) is 0 Å². The van der Waals surface area contributed by atoms with E-state index in [9.17, 15) is 9.90 Å². The highest BCUT2D eigenvalue weighted by Gasteiger charge is 2.35. The van der Waals surface area contributed by atoms with Gasteiger partial charge in [0, 0.05) is 32.7 Å². The molecular formula is C24H28N4O2S. The van der Waals surface area contributed by atoms with Crippen molar-refractivity contribution in [1.29, 1.82) is 0 Å². The van der Waals surface area contributed by atoms with Gasteiger partial charge in [0.2, 0.25) is 0 Å². The lowest BCUT2D eigenvalue weighted by Crippen LogP contribution is -2.49. The fraction of sp³-hybridized carbons (Fsp3) is 0.333. The third kappa shape index (κ3) is 5.83. The first-order valence-electron chi connectivity index (χ1n) is 10.6. The minimum absolute atomic E-state index is 0.110. The lowest BCUT2D eigenvalue weighted by molar-refractivity contribution is -0.123. The SMILES string of the molecule is CN1CCN(CC(O)CN2C(=O)/C(=C\c3ccccc3)SC2=Nc2ccccc2)CC1. The molecule has 4 rings (SSSR count). The summed E-state index contributed by atoms with van der Waals surface area (Å²) in [6, 6.07) is 19.4. The van der Waals surface area contributed by atoms with Crippen molar-refractivity contribution >= 4 is 34.6 Å². The largest absolute Gasteiger partial charge is 0.390 e.